The van der Waals surface area contributed by atoms with Crippen LogP contribution in [0.3, 0.4) is 0 Å². The molecule has 10 heteroatoms. The van der Waals surface area contributed by atoms with Crippen LogP contribution in [0.25, 0.3) is 11.1 Å². The second-order valence-electron chi connectivity index (χ2n) is 8.94. The number of halogens is 6. The van der Waals surface area contributed by atoms with E-state index in [-0.39, 0.29) is 6.07 Å². The molecule has 0 aliphatic carbocycles. The largest absolute Gasteiger partial charge is 0.416 e. The van der Waals surface area contributed by atoms with Gasteiger partial charge in [0.1, 0.15) is 5.82 Å². The molecule has 0 unspecified atom stereocenters. The highest BCUT2D eigenvalue weighted by Crippen LogP contribution is 2.41. The van der Waals surface area contributed by atoms with Gasteiger partial charge in [-0.25, -0.2) is 4.98 Å². The molecule has 4 nitrogen and oxygen atoms in total. The smallest absolute Gasteiger partial charge is 0.373 e. The van der Waals surface area contributed by atoms with E-state index in [1.165, 1.54) is 32.0 Å². The molecule has 192 valence electrons. The predicted octanol–water partition coefficient (Wildman–Crippen LogP) is 7.08. The van der Waals surface area contributed by atoms with Crippen LogP contribution in [0.5, 0.6) is 0 Å². The molecule has 1 N–H and O–H groups in total. The number of aromatic nitrogens is 1. The van der Waals surface area contributed by atoms with Crippen molar-refractivity contribution in [2.45, 2.75) is 38.5 Å². The molecule has 3 aromatic rings. The first-order chi connectivity index (χ1) is 16.6. The minimum atomic E-state index is -5.02. The zero-order valence-electron chi connectivity index (χ0n) is 20.3. The molecule has 1 heterocycles. The number of carbonyl (C=O) groups is 1. The number of alkyl halides is 6. The highest BCUT2D eigenvalue weighted by molar-refractivity contribution is 6.03. The summed E-state index contributed by atoms with van der Waals surface area (Å²) in [6, 6.07) is 10.3. The van der Waals surface area contributed by atoms with E-state index in [0.717, 1.165) is 11.1 Å². The average Bonchev–Trinajstić information content (AvgIpc) is 2.81. The van der Waals surface area contributed by atoms with E-state index in [1.54, 1.807) is 13.1 Å². The summed E-state index contributed by atoms with van der Waals surface area (Å²) in [5.74, 6) is -0.186. The minimum absolute atomic E-state index is 0.0461. The molecule has 0 radical (unpaired) electrons. The van der Waals surface area contributed by atoms with E-state index < -0.39 is 40.4 Å². The lowest BCUT2D eigenvalue weighted by Crippen LogP contribution is -2.42. The number of pyridine rings is 1. The molecular formula is C26H25F6N3O. The first kappa shape index (κ1) is 27.0. The molecule has 0 saturated heterocycles. The average molecular weight is 509 g/mol. The van der Waals surface area contributed by atoms with Crippen molar-refractivity contribution < 1.29 is 31.1 Å². The number of anilines is 2. The maximum atomic E-state index is 13.6. The second-order valence-corrected chi connectivity index (χ2v) is 8.94. The fraction of sp³-hybridized carbons (Fsp3) is 0.308. The maximum absolute atomic E-state index is 13.6. The van der Waals surface area contributed by atoms with Gasteiger partial charge in [0.2, 0.25) is 5.91 Å². The van der Waals surface area contributed by atoms with Crippen LogP contribution in [0.4, 0.5) is 37.8 Å². The number of likely N-dealkylation sites (N-methyl/N-ethyl adjacent to an activating group) is 1. The van der Waals surface area contributed by atoms with Gasteiger partial charge in [-0.05, 0) is 61.7 Å². The van der Waals surface area contributed by atoms with Gasteiger partial charge in [0, 0.05) is 19.7 Å². The number of amides is 1. The van der Waals surface area contributed by atoms with Gasteiger partial charge in [-0.1, -0.05) is 24.3 Å². The minimum Gasteiger partial charge on any atom is -0.373 e. The Hall–Kier alpha value is -3.56. The van der Waals surface area contributed by atoms with Crippen LogP contribution < -0.4 is 10.2 Å². The lowest BCUT2D eigenvalue weighted by atomic mass is 9.81. The number of hydrogen-bond donors (Lipinski definition) is 1. The Bertz CT molecular complexity index is 1250. The predicted molar refractivity (Wildman–Crippen MR) is 127 cm³/mol. The van der Waals surface area contributed by atoms with Crippen molar-refractivity contribution in [1.29, 1.82) is 0 Å². The molecule has 3 rings (SSSR count). The van der Waals surface area contributed by atoms with Gasteiger partial charge in [0.05, 0.1) is 28.4 Å². The Morgan fingerprint density at radius 3 is 1.89 bits per heavy atom. The van der Waals surface area contributed by atoms with Crippen molar-refractivity contribution in [3.05, 3.63) is 77.0 Å². The number of nitrogens with zero attached hydrogens (tertiary/aromatic N) is 2. The van der Waals surface area contributed by atoms with Gasteiger partial charge in [0.25, 0.3) is 0 Å². The van der Waals surface area contributed by atoms with Crippen molar-refractivity contribution in [2.24, 2.45) is 0 Å². The summed E-state index contributed by atoms with van der Waals surface area (Å²) >= 11 is 0. The van der Waals surface area contributed by atoms with Crippen molar-refractivity contribution in [3.63, 3.8) is 0 Å². The Labute approximate surface area is 205 Å². The molecule has 1 amide bonds. The van der Waals surface area contributed by atoms with E-state index >= 15 is 0 Å². The molecule has 36 heavy (non-hydrogen) atoms. The standard InChI is InChI=1S/C26H25F6N3O/c1-15-8-6-7-9-19(15)20-13-22(33-4)34-14-21(20)35(5)23(36)24(2,3)16-10-17(25(27,28)29)12-18(11-16)26(30,31)32/h6-14H,1-5H3,(H,33,34). The van der Waals surface area contributed by atoms with Crippen molar-refractivity contribution >= 4 is 17.4 Å². The Morgan fingerprint density at radius 1 is 0.861 bits per heavy atom. The summed E-state index contributed by atoms with van der Waals surface area (Å²) in [5, 5.41) is 2.92. The molecule has 0 atom stereocenters. The molecule has 0 saturated carbocycles. The zero-order chi connectivity index (χ0) is 27.1. The summed E-state index contributed by atoms with van der Waals surface area (Å²) in [6.07, 6.45) is -8.60. The van der Waals surface area contributed by atoms with Crippen molar-refractivity contribution in [2.75, 3.05) is 24.3 Å². The highest BCUT2D eigenvalue weighted by atomic mass is 19.4. The Kier molecular flexibility index (Phi) is 7.12. The van der Waals surface area contributed by atoms with Crippen LogP contribution in [0.2, 0.25) is 0 Å². The normalized spacial score (nSPS) is 12.4. The van der Waals surface area contributed by atoms with Gasteiger partial charge in [-0.15, -0.1) is 0 Å². The molecule has 0 fully saturated rings. The van der Waals surface area contributed by atoms with Crippen LogP contribution in [-0.2, 0) is 22.6 Å². The first-order valence-corrected chi connectivity index (χ1v) is 10.9. The molecule has 2 aromatic carbocycles. The highest BCUT2D eigenvalue weighted by Gasteiger charge is 2.41. The van der Waals surface area contributed by atoms with Crippen molar-refractivity contribution in [3.8, 4) is 11.1 Å². The molecule has 0 bridgehead atoms. The van der Waals surface area contributed by atoms with E-state index in [2.05, 4.69) is 10.3 Å². The lowest BCUT2D eigenvalue weighted by Gasteiger charge is -2.32. The fourth-order valence-electron chi connectivity index (χ4n) is 3.91. The molecule has 0 aliphatic heterocycles. The summed E-state index contributed by atoms with van der Waals surface area (Å²) in [7, 11) is 3.09. The number of carbonyl (C=O) groups excluding carboxylic acids is 1. The Morgan fingerprint density at radius 2 is 1.39 bits per heavy atom. The maximum Gasteiger partial charge on any atom is 0.416 e. The Balaban J connectivity index is 2.14. The number of hydrogen-bond acceptors (Lipinski definition) is 3. The van der Waals surface area contributed by atoms with Gasteiger partial charge in [-0.2, -0.15) is 26.3 Å². The SMILES string of the molecule is CNc1cc(-c2ccccc2C)c(N(C)C(=O)C(C)(C)c2cc(C(F)(F)F)cc(C(F)(F)F)c2)cn1. The van der Waals surface area contributed by atoms with E-state index in [1.807, 2.05) is 31.2 Å². The summed E-state index contributed by atoms with van der Waals surface area (Å²) < 4.78 is 80.5. The lowest BCUT2D eigenvalue weighted by molar-refractivity contribution is -0.143. The number of rotatable bonds is 5. The van der Waals surface area contributed by atoms with E-state index in [0.29, 0.717) is 29.2 Å². The van der Waals surface area contributed by atoms with Crippen LogP contribution in [0.1, 0.15) is 36.1 Å². The number of nitrogens with one attached hydrogen (secondary N) is 1. The van der Waals surface area contributed by atoms with Gasteiger partial charge < -0.3 is 10.2 Å². The monoisotopic (exact) mass is 509 g/mol. The van der Waals surface area contributed by atoms with Crippen LogP contribution >= 0.6 is 0 Å². The van der Waals surface area contributed by atoms with E-state index in [9.17, 15) is 31.1 Å². The first-order valence-electron chi connectivity index (χ1n) is 10.9. The van der Waals surface area contributed by atoms with Crippen LogP contribution in [0, 0.1) is 6.92 Å². The zero-order valence-corrected chi connectivity index (χ0v) is 20.3. The van der Waals surface area contributed by atoms with Gasteiger partial charge in [0.15, 0.2) is 0 Å². The third-order valence-corrected chi connectivity index (χ3v) is 6.08. The number of benzene rings is 2. The third-order valence-electron chi connectivity index (χ3n) is 6.08. The molecule has 1 aromatic heterocycles. The quantitative estimate of drug-likeness (QED) is 0.374. The molecule has 0 aliphatic rings. The van der Waals surface area contributed by atoms with E-state index in [4.69, 9.17) is 0 Å². The number of aryl methyl sites for hydroxylation is 1. The summed E-state index contributed by atoms with van der Waals surface area (Å²) in [6.45, 7) is 4.47. The second kappa shape index (κ2) is 9.48. The van der Waals surface area contributed by atoms with Gasteiger partial charge in [-0.3, -0.25) is 4.79 Å². The van der Waals surface area contributed by atoms with Crippen molar-refractivity contribution in [1.82, 2.24) is 4.98 Å². The fourth-order valence-corrected chi connectivity index (χ4v) is 3.91. The topological polar surface area (TPSA) is 45.2 Å². The summed E-state index contributed by atoms with van der Waals surface area (Å²) in [5.41, 5.74) is -2.42. The third kappa shape index (κ3) is 5.32. The van der Waals surface area contributed by atoms with Crippen LogP contribution in [-0.4, -0.2) is 25.0 Å². The molecular weight excluding hydrogens is 484 g/mol. The van der Waals surface area contributed by atoms with Gasteiger partial charge >= 0.3 is 12.4 Å². The summed E-state index contributed by atoms with van der Waals surface area (Å²) in [4.78, 5) is 19.1. The van der Waals surface area contributed by atoms with Crippen LogP contribution in [0.15, 0.2) is 54.7 Å². The molecule has 0 spiro atoms.